The normalized spacial score (nSPS) is 16.1. The van der Waals surface area contributed by atoms with E-state index in [1.165, 1.54) is 0 Å². The van der Waals surface area contributed by atoms with Crippen LogP contribution < -0.4 is 0 Å². The fourth-order valence-electron chi connectivity index (χ4n) is 0.668. The summed E-state index contributed by atoms with van der Waals surface area (Å²) in [6, 6.07) is 0. The largest absolute Gasteiger partial charge is 0.479 e. The Labute approximate surface area is 139 Å². The minimum absolute atomic E-state index is 0. The molecule has 0 aliphatic carbocycles. The summed E-state index contributed by atoms with van der Waals surface area (Å²) < 4.78 is 31.6. The van der Waals surface area contributed by atoms with Crippen LogP contribution in [0.1, 0.15) is 0 Å². The summed E-state index contributed by atoms with van der Waals surface area (Å²) in [5.41, 5.74) is 0. The molecule has 0 aromatic heterocycles. The molecule has 114 valence electrons. The van der Waals surface area contributed by atoms with Crippen molar-refractivity contribution in [2.24, 2.45) is 0 Å². The third kappa shape index (κ3) is 16.4. The Balaban J connectivity index is -0.000000158. The number of carboxylic acid groups (broad SMARTS) is 1. The van der Waals surface area contributed by atoms with Crippen LogP contribution in [0.2, 0.25) is 0 Å². The molecule has 0 aromatic carbocycles. The number of carbonyl (C=O) groups is 1. The van der Waals surface area contributed by atoms with Crippen LogP contribution in [0.4, 0.5) is 0 Å². The van der Waals surface area contributed by atoms with E-state index in [4.69, 9.17) is 48.2 Å². The number of rotatable bonds is 5. The van der Waals surface area contributed by atoms with Crippen LogP contribution in [0.15, 0.2) is 0 Å². The van der Waals surface area contributed by atoms with E-state index >= 15 is 0 Å². The van der Waals surface area contributed by atoms with Gasteiger partial charge in [0, 0.05) is 39.0 Å². The summed E-state index contributed by atoms with van der Waals surface area (Å²) >= 11 is 0. The molecule has 0 bridgehead atoms. The van der Waals surface area contributed by atoms with E-state index in [2.05, 4.69) is 0 Å². The van der Waals surface area contributed by atoms with Gasteiger partial charge in [0.1, 0.15) is 18.3 Å². The van der Waals surface area contributed by atoms with Crippen LogP contribution in [0, 0.1) is 0 Å². The van der Waals surface area contributed by atoms with Gasteiger partial charge in [-0.1, -0.05) is 0 Å². The summed E-state index contributed by atoms with van der Waals surface area (Å²) in [6.45, 7) is -0.843. The first-order valence-electron chi connectivity index (χ1n) is 4.17. The molecule has 8 N–H and O–H groups in total. The molecule has 0 radical (unpaired) electrons. The fourth-order valence-corrected chi connectivity index (χ4v) is 0.668. The first kappa shape index (κ1) is 28.5. The second-order valence-corrected chi connectivity index (χ2v) is 3.86. The number of hydrogen-bond acceptors (Lipinski definition) is 8. The Morgan fingerprint density at radius 1 is 0.950 bits per heavy atom. The van der Waals surface area contributed by atoms with Gasteiger partial charge >= 0.3 is 16.4 Å². The average molecular weight is 425 g/mol. The fraction of sp³-hybridized carbons (Fsp3) is 0.833. The predicted molar refractivity (Wildman–Crippen MR) is 52.9 cm³/mol. The van der Waals surface area contributed by atoms with Gasteiger partial charge in [-0.2, -0.15) is 8.42 Å². The maximum atomic E-state index is 10.1. The van der Waals surface area contributed by atoms with E-state index < -0.39 is 47.4 Å². The quantitative estimate of drug-likeness (QED) is 0.156. The molecule has 0 fully saturated rings. The van der Waals surface area contributed by atoms with Crippen molar-refractivity contribution in [1.82, 2.24) is 0 Å². The second kappa shape index (κ2) is 13.1. The minimum atomic E-state index is -4.67. The van der Waals surface area contributed by atoms with Crippen LogP contribution in [-0.2, 0) is 54.1 Å². The smallest absolute Gasteiger partial charge is 0.394 e. The Morgan fingerprint density at radius 2 is 1.25 bits per heavy atom. The Bertz CT molecular complexity index is 339. The molecular weight excluding hydrogens is 411 g/mol. The van der Waals surface area contributed by atoms with Gasteiger partial charge < -0.3 is 30.6 Å². The molecule has 0 spiro atoms. The predicted octanol–water partition coefficient (Wildman–Crippen LogP) is -4.15. The van der Waals surface area contributed by atoms with E-state index in [9.17, 15) is 4.79 Å². The van der Waals surface area contributed by atoms with Gasteiger partial charge in [0.15, 0.2) is 6.10 Å². The van der Waals surface area contributed by atoms with Crippen molar-refractivity contribution in [2.45, 2.75) is 24.4 Å². The van der Waals surface area contributed by atoms with E-state index in [1.54, 1.807) is 0 Å². The number of aliphatic hydroxyl groups excluding tert-OH is 5. The van der Waals surface area contributed by atoms with Crippen molar-refractivity contribution in [2.75, 3.05) is 6.61 Å². The third-order valence-electron chi connectivity index (χ3n) is 1.51. The maximum absolute atomic E-state index is 10.1. The number of aliphatic hydroxyl groups is 5. The van der Waals surface area contributed by atoms with Crippen molar-refractivity contribution < 1.29 is 91.9 Å². The van der Waals surface area contributed by atoms with Crippen LogP contribution in [0.5, 0.6) is 0 Å². The van der Waals surface area contributed by atoms with Gasteiger partial charge in [-0.15, -0.1) is 0 Å². The molecule has 0 aliphatic heterocycles. The van der Waals surface area contributed by atoms with E-state index in [1.807, 2.05) is 0 Å². The summed E-state index contributed by atoms with van der Waals surface area (Å²) in [7, 11) is -4.67. The molecule has 11 nitrogen and oxygen atoms in total. The topological polar surface area (TPSA) is 213 Å². The average Bonchev–Trinajstić information content (AvgIpc) is 2.22. The summed E-state index contributed by atoms with van der Waals surface area (Å²) in [4.78, 5) is 10.1. The van der Waals surface area contributed by atoms with E-state index in [0.717, 1.165) is 0 Å². The van der Waals surface area contributed by atoms with Gasteiger partial charge in [0.05, 0.1) is 6.61 Å². The Hall–Kier alpha value is 0.387. The summed E-state index contributed by atoms with van der Waals surface area (Å²) in [5, 5.41) is 51.8. The monoisotopic (exact) mass is 422 g/mol. The molecule has 4 unspecified atom stereocenters. The molecule has 0 heterocycles. The van der Waals surface area contributed by atoms with Crippen LogP contribution >= 0.6 is 0 Å². The molecule has 0 amide bonds. The van der Waals surface area contributed by atoms with Gasteiger partial charge in [0.25, 0.3) is 0 Å². The maximum Gasteiger partial charge on any atom is 0.394 e. The summed E-state index contributed by atoms with van der Waals surface area (Å²) in [5.74, 6) is -1.73. The molecule has 0 saturated carbocycles. The Morgan fingerprint density at radius 3 is 1.45 bits per heavy atom. The summed E-state index contributed by atoms with van der Waals surface area (Å²) in [6.07, 6.45) is -7.84. The van der Waals surface area contributed by atoms with Crippen molar-refractivity contribution in [3.63, 3.8) is 0 Å². The first-order valence-corrected chi connectivity index (χ1v) is 5.57. The first-order chi connectivity index (χ1) is 7.91. The molecule has 4 atom stereocenters. The molecule has 0 aliphatic rings. The van der Waals surface area contributed by atoms with E-state index in [0.29, 0.717) is 0 Å². The standard InChI is InChI=1S/C6H12O7.H2O4S.2Zn/c7-1-2(8)3(9)4(10)5(11)6(12)13;1-5(2,3)4;;/h2-5,7-11H,1H2,(H,12,13);(H2,1,2,3,4);;. The second-order valence-electron chi connectivity index (χ2n) is 2.96. The Kier molecular flexibility index (Phi) is 18.7. The van der Waals surface area contributed by atoms with Crippen LogP contribution in [-0.4, -0.2) is 85.2 Å². The van der Waals surface area contributed by atoms with Crippen LogP contribution in [0.25, 0.3) is 0 Å². The molecule has 0 rings (SSSR count). The number of hydrogen-bond donors (Lipinski definition) is 8. The zero-order valence-corrected chi connectivity index (χ0v) is 16.9. The van der Waals surface area contributed by atoms with E-state index in [-0.39, 0.29) is 39.0 Å². The van der Waals surface area contributed by atoms with Crippen molar-refractivity contribution in [1.29, 1.82) is 0 Å². The molecule has 0 saturated heterocycles. The van der Waals surface area contributed by atoms with Gasteiger partial charge in [-0.3, -0.25) is 9.11 Å². The van der Waals surface area contributed by atoms with Gasteiger partial charge in [-0.25, -0.2) is 4.79 Å². The van der Waals surface area contributed by atoms with Crippen LogP contribution in [0.3, 0.4) is 0 Å². The molecule has 20 heavy (non-hydrogen) atoms. The number of carboxylic acids is 1. The van der Waals surface area contributed by atoms with Gasteiger partial charge in [-0.05, 0) is 0 Å². The molecule has 0 aromatic rings. The van der Waals surface area contributed by atoms with Crippen molar-refractivity contribution >= 4 is 16.4 Å². The number of aliphatic carboxylic acids is 1. The zero-order valence-electron chi connectivity index (χ0n) is 10.1. The molecular formula is C6H14O11SZn2. The third-order valence-corrected chi connectivity index (χ3v) is 1.51. The molecule has 14 heteroatoms. The minimum Gasteiger partial charge on any atom is -0.479 e. The van der Waals surface area contributed by atoms with Crippen molar-refractivity contribution in [3.05, 3.63) is 0 Å². The SMILES string of the molecule is O=C(O)C(O)C(O)C(O)C(O)CO.O=S(=O)(O)O.[Zn].[Zn]. The van der Waals surface area contributed by atoms with Crippen molar-refractivity contribution in [3.8, 4) is 0 Å². The van der Waals surface area contributed by atoms with Gasteiger partial charge in [0.2, 0.25) is 0 Å². The zero-order chi connectivity index (χ0) is 15.1.